The number of rotatable bonds is 5. The molecule has 0 aliphatic heterocycles. The highest BCUT2D eigenvalue weighted by atomic mass is 35.5. The van der Waals surface area contributed by atoms with Crippen LogP contribution in [0.3, 0.4) is 0 Å². The molecule has 0 radical (unpaired) electrons. The largest absolute Gasteiger partial charge is 0.387 e. The molecule has 1 atom stereocenters. The van der Waals surface area contributed by atoms with Gasteiger partial charge in [0.25, 0.3) is 0 Å². The molecule has 0 aliphatic carbocycles. The van der Waals surface area contributed by atoms with Crippen LogP contribution in [0, 0.1) is 0 Å². The maximum absolute atomic E-state index is 10.5. The van der Waals surface area contributed by atoms with E-state index < -0.39 is 6.10 Å². The van der Waals surface area contributed by atoms with Crippen molar-refractivity contribution in [3.63, 3.8) is 0 Å². The van der Waals surface area contributed by atoms with Crippen molar-refractivity contribution in [1.29, 1.82) is 0 Å². The van der Waals surface area contributed by atoms with Crippen molar-refractivity contribution in [1.82, 2.24) is 4.90 Å². The Kier molecular flexibility index (Phi) is 6.77. The lowest BCUT2D eigenvalue weighted by atomic mass is 10.00. The summed E-state index contributed by atoms with van der Waals surface area (Å²) in [6.45, 7) is 6.75. The van der Waals surface area contributed by atoms with Gasteiger partial charge in [-0.05, 0) is 30.1 Å². The molecule has 0 amide bonds. The number of likely N-dealkylation sites (N-methyl/N-ethyl adjacent to an activating group) is 1. The Morgan fingerprint density at radius 2 is 1.65 bits per heavy atom. The quantitative estimate of drug-likeness (QED) is 0.890. The number of benzene rings is 2. The van der Waals surface area contributed by atoms with Crippen LogP contribution in [0.15, 0.2) is 36.4 Å². The highest BCUT2D eigenvalue weighted by Crippen LogP contribution is 2.30. The highest BCUT2D eigenvalue weighted by Gasteiger charge is 2.15. The van der Waals surface area contributed by atoms with E-state index >= 15 is 0 Å². The molecule has 1 unspecified atom stereocenters. The second-order valence-corrected chi connectivity index (χ2v) is 5.09. The monoisotopic (exact) mass is 313 g/mol. The lowest BCUT2D eigenvalue weighted by Crippen LogP contribution is -2.28. The molecule has 4 heteroatoms. The topological polar surface area (TPSA) is 23.5 Å². The van der Waals surface area contributed by atoms with Crippen LogP contribution in [0.5, 0.6) is 0 Å². The van der Waals surface area contributed by atoms with Gasteiger partial charge in [0.15, 0.2) is 0 Å². The zero-order chi connectivity index (χ0) is 13.8. The molecule has 0 heterocycles. The average molecular weight is 314 g/mol. The van der Waals surface area contributed by atoms with Gasteiger partial charge >= 0.3 is 0 Å². The van der Waals surface area contributed by atoms with E-state index in [0.717, 1.165) is 34.4 Å². The Morgan fingerprint density at radius 3 is 2.25 bits per heavy atom. The summed E-state index contributed by atoms with van der Waals surface area (Å²) in [7, 11) is 0. The maximum Gasteiger partial charge on any atom is 0.0922 e. The molecule has 0 spiro atoms. The third-order valence-corrected chi connectivity index (χ3v) is 3.92. The van der Waals surface area contributed by atoms with Crippen LogP contribution in [0.25, 0.3) is 10.8 Å². The third-order valence-electron chi connectivity index (χ3n) is 3.59. The minimum Gasteiger partial charge on any atom is -0.387 e. The minimum atomic E-state index is -0.484. The molecule has 0 saturated carbocycles. The van der Waals surface area contributed by atoms with Crippen LogP contribution in [-0.4, -0.2) is 29.6 Å². The first-order valence-corrected chi connectivity index (χ1v) is 7.12. The summed E-state index contributed by atoms with van der Waals surface area (Å²) in [5.41, 5.74) is 0.951. The number of halogens is 2. The number of fused-ring (bicyclic) bond motifs is 1. The van der Waals surface area contributed by atoms with Crippen LogP contribution in [0.1, 0.15) is 25.5 Å². The fourth-order valence-electron chi connectivity index (χ4n) is 2.40. The third kappa shape index (κ3) is 3.64. The summed E-state index contributed by atoms with van der Waals surface area (Å²) in [5, 5.41) is 13.2. The van der Waals surface area contributed by atoms with Gasteiger partial charge in [-0.15, -0.1) is 12.4 Å². The molecule has 0 saturated heterocycles. The molecule has 20 heavy (non-hydrogen) atoms. The fourth-order valence-corrected chi connectivity index (χ4v) is 2.63. The standard InChI is InChI=1S/C16H20ClNO.ClH/c1-3-18(4-2)11-16(19)14-9-10-15(17)13-8-6-5-7-12(13)14;/h5-10,16,19H,3-4,11H2,1-2H3;1H. The maximum atomic E-state index is 10.5. The van der Waals surface area contributed by atoms with E-state index in [4.69, 9.17) is 11.6 Å². The average Bonchev–Trinajstić information content (AvgIpc) is 2.45. The van der Waals surface area contributed by atoms with E-state index in [-0.39, 0.29) is 12.4 Å². The van der Waals surface area contributed by atoms with Crippen molar-refractivity contribution in [2.45, 2.75) is 20.0 Å². The smallest absolute Gasteiger partial charge is 0.0922 e. The second-order valence-electron chi connectivity index (χ2n) is 4.68. The van der Waals surface area contributed by atoms with E-state index in [0.29, 0.717) is 6.54 Å². The van der Waals surface area contributed by atoms with Crippen molar-refractivity contribution in [2.24, 2.45) is 0 Å². The van der Waals surface area contributed by atoms with Crippen LogP contribution >= 0.6 is 24.0 Å². The molecule has 2 rings (SSSR count). The Morgan fingerprint density at radius 1 is 1.05 bits per heavy atom. The van der Waals surface area contributed by atoms with Crippen molar-refractivity contribution < 1.29 is 5.11 Å². The van der Waals surface area contributed by atoms with E-state index in [9.17, 15) is 5.11 Å². The SMILES string of the molecule is CCN(CC)CC(O)c1ccc(Cl)c2ccccc12.Cl. The number of nitrogens with zero attached hydrogens (tertiary/aromatic N) is 1. The van der Waals surface area contributed by atoms with Gasteiger partial charge < -0.3 is 10.0 Å². The Balaban J connectivity index is 0.00000200. The number of aliphatic hydroxyl groups excluding tert-OH is 1. The summed E-state index contributed by atoms with van der Waals surface area (Å²) in [4.78, 5) is 2.22. The molecule has 2 aromatic rings. The molecule has 0 bridgehead atoms. The summed E-state index contributed by atoms with van der Waals surface area (Å²) < 4.78 is 0. The van der Waals surface area contributed by atoms with Crippen molar-refractivity contribution in [3.8, 4) is 0 Å². The van der Waals surface area contributed by atoms with Crippen LogP contribution in [-0.2, 0) is 0 Å². The molecular formula is C16H21Cl2NO. The lowest BCUT2D eigenvalue weighted by Gasteiger charge is -2.23. The molecule has 2 aromatic carbocycles. The van der Waals surface area contributed by atoms with E-state index in [1.165, 1.54) is 0 Å². The summed E-state index contributed by atoms with van der Waals surface area (Å²) in [5.74, 6) is 0. The van der Waals surface area contributed by atoms with Gasteiger partial charge in [-0.25, -0.2) is 0 Å². The van der Waals surface area contributed by atoms with E-state index in [1.807, 2.05) is 36.4 Å². The Labute approximate surface area is 131 Å². The predicted molar refractivity (Wildman–Crippen MR) is 89.0 cm³/mol. The first kappa shape index (κ1) is 17.3. The molecule has 0 aliphatic rings. The van der Waals surface area contributed by atoms with E-state index in [1.54, 1.807) is 0 Å². The number of hydrogen-bond acceptors (Lipinski definition) is 2. The van der Waals surface area contributed by atoms with Gasteiger partial charge in [0.1, 0.15) is 0 Å². The Bertz CT molecular complexity index is 555. The molecular weight excluding hydrogens is 293 g/mol. The fraction of sp³-hybridized carbons (Fsp3) is 0.375. The number of hydrogen-bond donors (Lipinski definition) is 1. The summed E-state index contributed by atoms with van der Waals surface area (Å²) in [6, 6.07) is 11.7. The van der Waals surface area contributed by atoms with Gasteiger partial charge in [0.05, 0.1) is 6.10 Å². The van der Waals surface area contributed by atoms with Crippen molar-refractivity contribution in [3.05, 3.63) is 47.0 Å². The first-order valence-electron chi connectivity index (χ1n) is 6.75. The van der Waals surface area contributed by atoms with Crippen LogP contribution in [0.4, 0.5) is 0 Å². The van der Waals surface area contributed by atoms with Gasteiger partial charge in [0, 0.05) is 17.0 Å². The predicted octanol–water partition coefficient (Wildman–Crippen LogP) is 4.29. The molecule has 2 nitrogen and oxygen atoms in total. The number of aliphatic hydroxyl groups is 1. The van der Waals surface area contributed by atoms with Gasteiger partial charge in [-0.2, -0.15) is 0 Å². The highest BCUT2D eigenvalue weighted by molar-refractivity contribution is 6.35. The lowest BCUT2D eigenvalue weighted by molar-refractivity contribution is 0.120. The normalized spacial score (nSPS) is 12.4. The first-order chi connectivity index (χ1) is 9.17. The van der Waals surface area contributed by atoms with Gasteiger partial charge in [-0.1, -0.05) is 55.8 Å². The van der Waals surface area contributed by atoms with Crippen molar-refractivity contribution in [2.75, 3.05) is 19.6 Å². The molecule has 110 valence electrons. The zero-order valence-corrected chi connectivity index (χ0v) is 13.4. The zero-order valence-electron chi connectivity index (χ0n) is 11.8. The van der Waals surface area contributed by atoms with Gasteiger partial charge in [-0.3, -0.25) is 0 Å². The Hall–Kier alpha value is -0.800. The van der Waals surface area contributed by atoms with E-state index in [2.05, 4.69) is 18.7 Å². The summed E-state index contributed by atoms with van der Waals surface area (Å²) in [6.07, 6.45) is -0.484. The van der Waals surface area contributed by atoms with Gasteiger partial charge in [0.2, 0.25) is 0 Å². The second kappa shape index (κ2) is 7.84. The molecule has 0 aromatic heterocycles. The van der Waals surface area contributed by atoms with Crippen LogP contribution < -0.4 is 0 Å². The van der Waals surface area contributed by atoms with Crippen molar-refractivity contribution >= 4 is 34.8 Å². The summed E-state index contributed by atoms with van der Waals surface area (Å²) >= 11 is 6.20. The minimum absolute atomic E-state index is 0. The molecule has 0 fully saturated rings. The molecule has 1 N–H and O–H groups in total. The van der Waals surface area contributed by atoms with Crippen LogP contribution in [0.2, 0.25) is 5.02 Å².